The topological polar surface area (TPSA) is 64.7 Å². The third-order valence-corrected chi connectivity index (χ3v) is 2.93. The Labute approximate surface area is 85.4 Å². The van der Waals surface area contributed by atoms with E-state index < -0.39 is 11.1 Å². The Hall–Kier alpha value is -0.160. The van der Waals surface area contributed by atoms with Crippen LogP contribution in [0, 0.1) is 0 Å². The van der Waals surface area contributed by atoms with E-state index in [1.54, 1.807) is 14.0 Å². The summed E-state index contributed by atoms with van der Waals surface area (Å²) in [6.07, 6.45) is 0.538. The van der Waals surface area contributed by atoms with Crippen molar-refractivity contribution in [1.29, 1.82) is 0 Å². The molecule has 0 aliphatic carbocycles. The maximum atomic E-state index is 10.4. The van der Waals surface area contributed by atoms with Crippen molar-refractivity contribution in [2.75, 3.05) is 20.3 Å². The van der Waals surface area contributed by atoms with Gasteiger partial charge in [0.15, 0.2) is 0 Å². The van der Waals surface area contributed by atoms with Gasteiger partial charge in [-0.2, -0.15) is 0 Å². The molecular weight excluding hydrogens is 182 g/mol. The van der Waals surface area contributed by atoms with Crippen molar-refractivity contribution in [2.45, 2.75) is 43.9 Å². The number of hydrogen-bond donors (Lipinski definition) is 2. The summed E-state index contributed by atoms with van der Waals surface area (Å²) in [5.74, 6) is 0. The molecule has 4 heteroatoms. The second-order valence-electron chi connectivity index (χ2n) is 5.11. The Morgan fingerprint density at radius 1 is 1.57 bits per heavy atom. The van der Waals surface area contributed by atoms with Crippen molar-refractivity contribution in [3.8, 4) is 0 Å². The van der Waals surface area contributed by atoms with Gasteiger partial charge in [0.05, 0.1) is 24.4 Å². The molecule has 0 bridgehead atoms. The third-order valence-electron chi connectivity index (χ3n) is 2.93. The van der Waals surface area contributed by atoms with E-state index in [2.05, 4.69) is 0 Å². The molecule has 1 aliphatic heterocycles. The molecule has 2 atom stereocenters. The number of aliphatic hydroxyl groups is 1. The molecule has 1 fully saturated rings. The summed E-state index contributed by atoms with van der Waals surface area (Å²) in [4.78, 5) is 0. The van der Waals surface area contributed by atoms with E-state index in [0.717, 1.165) is 0 Å². The second kappa shape index (κ2) is 3.45. The number of hydrogen-bond acceptors (Lipinski definition) is 4. The summed E-state index contributed by atoms with van der Waals surface area (Å²) in [6, 6.07) is 0. The van der Waals surface area contributed by atoms with E-state index >= 15 is 0 Å². The summed E-state index contributed by atoms with van der Waals surface area (Å²) in [5, 5.41) is 10.4. The number of ether oxygens (including phenoxy) is 2. The van der Waals surface area contributed by atoms with Crippen molar-refractivity contribution in [3.05, 3.63) is 0 Å². The average Bonchev–Trinajstić information content (AvgIpc) is 2.27. The van der Waals surface area contributed by atoms with Crippen LogP contribution in [0.4, 0.5) is 0 Å². The molecule has 1 heterocycles. The molecule has 1 aliphatic rings. The van der Waals surface area contributed by atoms with Crippen LogP contribution in [0.2, 0.25) is 0 Å². The Kier molecular flexibility index (Phi) is 2.94. The first-order chi connectivity index (χ1) is 6.22. The maximum Gasteiger partial charge on any atom is 0.110 e. The number of methoxy groups -OCH3 is 1. The molecule has 0 aromatic carbocycles. The van der Waals surface area contributed by atoms with Gasteiger partial charge < -0.3 is 20.3 Å². The maximum absolute atomic E-state index is 10.4. The van der Waals surface area contributed by atoms with Gasteiger partial charge >= 0.3 is 0 Å². The first-order valence-corrected chi connectivity index (χ1v) is 4.87. The van der Waals surface area contributed by atoms with Crippen LogP contribution in [0.15, 0.2) is 0 Å². The molecule has 14 heavy (non-hydrogen) atoms. The fourth-order valence-electron chi connectivity index (χ4n) is 1.92. The molecule has 0 spiro atoms. The lowest BCUT2D eigenvalue weighted by atomic mass is 9.78. The van der Waals surface area contributed by atoms with Gasteiger partial charge in [0.2, 0.25) is 0 Å². The molecule has 0 radical (unpaired) electrons. The van der Waals surface area contributed by atoms with Crippen LogP contribution >= 0.6 is 0 Å². The minimum absolute atomic E-state index is 0.274. The first kappa shape index (κ1) is 11.9. The number of nitrogens with two attached hydrogens (primary N) is 1. The quantitative estimate of drug-likeness (QED) is 0.691. The summed E-state index contributed by atoms with van der Waals surface area (Å²) in [7, 11) is 1.58. The van der Waals surface area contributed by atoms with E-state index in [-0.39, 0.29) is 12.2 Å². The van der Waals surface area contributed by atoms with Gasteiger partial charge in [0, 0.05) is 13.5 Å². The molecule has 4 nitrogen and oxygen atoms in total. The van der Waals surface area contributed by atoms with Crippen LogP contribution in [0.1, 0.15) is 27.2 Å². The van der Waals surface area contributed by atoms with Gasteiger partial charge in [-0.25, -0.2) is 0 Å². The van der Waals surface area contributed by atoms with Gasteiger partial charge in [-0.3, -0.25) is 0 Å². The van der Waals surface area contributed by atoms with Gasteiger partial charge in [-0.1, -0.05) is 0 Å². The highest BCUT2D eigenvalue weighted by Gasteiger charge is 2.52. The zero-order valence-electron chi connectivity index (χ0n) is 9.46. The average molecular weight is 203 g/mol. The van der Waals surface area contributed by atoms with Crippen molar-refractivity contribution in [3.63, 3.8) is 0 Å². The molecule has 1 rings (SSSR count). The van der Waals surface area contributed by atoms with E-state index in [1.807, 2.05) is 13.8 Å². The van der Waals surface area contributed by atoms with Crippen molar-refractivity contribution in [2.24, 2.45) is 5.73 Å². The van der Waals surface area contributed by atoms with Crippen LogP contribution in [0.3, 0.4) is 0 Å². The van der Waals surface area contributed by atoms with E-state index in [9.17, 15) is 5.11 Å². The normalized spacial score (nSPS) is 35.6. The zero-order chi connectivity index (χ0) is 11.0. The lowest BCUT2D eigenvalue weighted by Gasteiger charge is -2.38. The van der Waals surface area contributed by atoms with Gasteiger partial charge in [-0.05, 0) is 20.8 Å². The third kappa shape index (κ3) is 2.08. The highest BCUT2D eigenvalue weighted by Crippen LogP contribution is 2.38. The summed E-state index contributed by atoms with van der Waals surface area (Å²) in [5.41, 5.74) is 3.97. The minimum Gasteiger partial charge on any atom is -0.385 e. The molecule has 3 N–H and O–H groups in total. The van der Waals surface area contributed by atoms with E-state index in [1.165, 1.54) is 0 Å². The van der Waals surface area contributed by atoms with Crippen molar-refractivity contribution < 1.29 is 14.6 Å². The predicted molar refractivity (Wildman–Crippen MR) is 54.1 cm³/mol. The second-order valence-corrected chi connectivity index (χ2v) is 5.11. The molecular formula is C10H21NO3. The zero-order valence-corrected chi connectivity index (χ0v) is 9.46. The van der Waals surface area contributed by atoms with Gasteiger partial charge in [0.1, 0.15) is 5.60 Å². The lowest BCUT2D eigenvalue weighted by molar-refractivity contribution is -0.0616. The smallest absolute Gasteiger partial charge is 0.110 e. The largest absolute Gasteiger partial charge is 0.385 e. The summed E-state index contributed by atoms with van der Waals surface area (Å²) < 4.78 is 10.5. The Bertz CT molecular complexity index is 215. The molecule has 0 amide bonds. The first-order valence-electron chi connectivity index (χ1n) is 4.87. The highest BCUT2D eigenvalue weighted by atomic mass is 16.5. The number of rotatable bonds is 3. The van der Waals surface area contributed by atoms with Gasteiger partial charge in [-0.15, -0.1) is 0 Å². The van der Waals surface area contributed by atoms with Crippen LogP contribution in [0.25, 0.3) is 0 Å². The molecule has 1 saturated heterocycles. The molecule has 0 aromatic heterocycles. The van der Waals surface area contributed by atoms with Crippen molar-refractivity contribution in [1.82, 2.24) is 0 Å². The van der Waals surface area contributed by atoms with Crippen LogP contribution in [0.5, 0.6) is 0 Å². The summed E-state index contributed by atoms with van der Waals surface area (Å²) >= 11 is 0. The highest BCUT2D eigenvalue weighted by molar-refractivity contribution is 5.07. The Morgan fingerprint density at radius 3 is 2.50 bits per heavy atom. The van der Waals surface area contributed by atoms with E-state index in [0.29, 0.717) is 13.0 Å². The molecule has 0 saturated carbocycles. The monoisotopic (exact) mass is 203 g/mol. The molecule has 2 unspecified atom stereocenters. The fourth-order valence-corrected chi connectivity index (χ4v) is 1.92. The van der Waals surface area contributed by atoms with E-state index in [4.69, 9.17) is 15.2 Å². The molecule has 84 valence electrons. The molecule has 0 aromatic rings. The van der Waals surface area contributed by atoms with Gasteiger partial charge in [0.25, 0.3) is 0 Å². The van der Waals surface area contributed by atoms with Crippen LogP contribution in [-0.2, 0) is 9.47 Å². The SMILES string of the molecule is COCC(C)(N)C1(O)COC(C)(C)C1. The summed E-state index contributed by atoms with van der Waals surface area (Å²) in [6.45, 7) is 6.29. The predicted octanol–water partition coefficient (Wildman–Crippen LogP) is 0.280. The fraction of sp³-hybridized carbons (Fsp3) is 1.00. The lowest BCUT2D eigenvalue weighted by Crippen LogP contribution is -2.62. The van der Waals surface area contributed by atoms with Crippen LogP contribution < -0.4 is 5.73 Å². The Morgan fingerprint density at radius 2 is 2.14 bits per heavy atom. The Balaban J connectivity index is 2.76. The minimum atomic E-state index is -0.994. The standard InChI is InChI=1S/C10H21NO3/c1-8(2)5-10(12,7-14-8)9(3,11)6-13-4/h12H,5-7,11H2,1-4H3. The van der Waals surface area contributed by atoms with Crippen LogP contribution in [-0.4, -0.2) is 42.2 Å². The van der Waals surface area contributed by atoms with Crippen molar-refractivity contribution >= 4 is 0 Å².